The first-order chi connectivity index (χ1) is 8.97. The molecule has 1 aliphatic rings. The van der Waals surface area contributed by atoms with Crippen molar-refractivity contribution in [3.63, 3.8) is 0 Å². The van der Waals surface area contributed by atoms with Crippen molar-refractivity contribution in [2.75, 3.05) is 0 Å². The summed E-state index contributed by atoms with van der Waals surface area (Å²) in [6.07, 6.45) is 4.07. The highest BCUT2D eigenvalue weighted by Gasteiger charge is 2.24. The van der Waals surface area contributed by atoms with Crippen LogP contribution in [0.5, 0.6) is 0 Å². The molecule has 1 aromatic rings. The number of carbonyl (C=O) groups is 1. The molecule has 19 heavy (non-hydrogen) atoms. The number of nitrogens with one attached hydrogen (secondary N) is 1. The Hall–Kier alpha value is -1.75. The predicted molar refractivity (Wildman–Crippen MR) is 68.1 cm³/mol. The van der Waals surface area contributed by atoms with E-state index in [1.165, 1.54) is 0 Å². The Bertz CT molecular complexity index is 516. The summed E-state index contributed by atoms with van der Waals surface area (Å²) in [5.41, 5.74) is 5.81. The summed E-state index contributed by atoms with van der Waals surface area (Å²) < 4.78 is 26.6. The van der Waals surface area contributed by atoms with E-state index in [4.69, 9.17) is 5.73 Å². The zero-order valence-corrected chi connectivity index (χ0v) is 10.6. The highest BCUT2D eigenvalue weighted by atomic mass is 19.1. The van der Waals surface area contributed by atoms with Gasteiger partial charge in [-0.2, -0.15) is 0 Å². The van der Waals surface area contributed by atoms with Crippen LogP contribution in [0.4, 0.5) is 8.78 Å². The van der Waals surface area contributed by atoms with Gasteiger partial charge in [-0.15, -0.1) is 0 Å². The van der Waals surface area contributed by atoms with Gasteiger partial charge in [-0.3, -0.25) is 4.79 Å². The van der Waals surface area contributed by atoms with Crippen LogP contribution in [0.25, 0.3) is 0 Å². The first kappa shape index (κ1) is 13.7. The Labute approximate surface area is 110 Å². The average Bonchev–Trinajstić information content (AvgIpc) is 2.79. The van der Waals surface area contributed by atoms with Crippen molar-refractivity contribution in [3.8, 4) is 0 Å². The lowest BCUT2D eigenvalue weighted by Crippen LogP contribution is -2.33. The molecule has 102 valence electrons. The lowest BCUT2D eigenvalue weighted by molar-refractivity contribution is -0.124. The maximum absolute atomic E-state index is 13.6. The van der Waals surface area contributed by atoms with E-state index in [0.717, 1.165) is 18.2 Å². The molecule has 1 aromatic carbocycles. The van der Waals surface area contributed by atoms with Crippen LogP contribution < -0.4 is 11.1 Å². The SMILES string of the molecule is CC(NC(=O)C1C=CC(N)C1)c1cc(F)ccc1F. The van der Waals surface area contributed by atoms with Crippen LogP contribution >= 0.6 is 0 Å². The third-order valence-corrected chi connectivity index (χ3v) is 3.24. The summed E-state index contributed by atoms with van der Waals surface area (Å²) in [5, 5.41) is 2.67. The monoisotopic (exact) mass is 266 g/mol. The number of amides is 1. The highest BCUT2D eigenvalue weighted by Crippen LogP contribution is 2.21. The zero-order valence-electron chi connectivity index (χ0n) is 10.6. The summed E-state index contributed by atoms with van der Waals surface area (Å²) in [4.78, 5) is 11.9. The standard InChI is InChI=1S/C14H16F2N2O/c1-8(12-7-10(15)3-5-13(12)16)18-14(19)9-2-4-11(17)6-9/h2-5,7-9,11H,6,17H2,1H3,(H,18,19). The van der Waals surface area contributed by atoms with Gasteiger partial charge >= 0.3 is 0 Å². The van der Waals surface area contributed by atoms with Crippen molar-refractivity contribution >= 4 is 5.91 Å². The topological polar surface area (TPSA) is 55.1 Å². The van der Waals surface area contributed by atoms with Crippen LogP contribution in [0.2, 0.25) is 0 Å². The number of halogens is 2. The van der Waals surface area contributed by atoms with Crippen LogP contribution in [0.1, 0.15) is 24.9 Å². The van der Waals surface area contributed by atoms with Gasteiger partial charge in [0.1, 0.15) is 11.6 Å². The molecule has 3 unspecified atom stereocenters. The Morgan fingerprint density at radius 3 is 2.79 bits per heavy atom. The van der Waals surface area contributed by atoms with Gasteiger partial charge < -0.3 is 11.1 Å². The summed E-state index contributed by atoms with van der Waals surface area (Å²) in [6.45, 7) is 1.62. The van der Waals surface area contributed by atoms with E-state index in [-0.39, 0.29) is 23.4 Å². The van der Waals surface area contributed by atoms with Crippen molar-refractivity contribution in [2.24, 2.45) is 11.7 Å². The van der Waals surface area contributed by atoms with Gasteiger partial charge in [-0.05, 0) is 31.5 Å². The summed E-state index contributed by atoms with van der Waals surface area (Å²) in [5.74, 6) is -1.58. The van der Waals surface area contributed by atoms with Crippen LogP contribution in [-0.2, 0) is 4.79 Å². The van der Waals surface area contributed by atoms with E-state index in [1.54, 1.807) is 19.1 Å². The van der Waals surface area contributed by atoms with Gasteiger partial charge in [-0.1, -0.05) is 12.2 Å². The number of hydrogen-bond donors (Lipinski definition) is 2. The molecule has 0 radical (unpaired) electrons. The summed E-state index contributed by atoms with van der Waals surface area (Å²) in [6, 6.07) is 2.49. The molecule has 1 aliphatic carbocycles. The number of benzene rings is 1. The van der Waals surface area contributed by atoms with Crippen molar-refractivity contribution in [3.05, 3.63) is 47.5 Å². The van der Waals surface area contributed by atoms with E-state index in [9.17, 15) is 13.6 Å². The second kappa shape index (κ2) is 5.48. The molecular formula is C14H16F2N2O. The number of hydrogen-bond acceptors (Lipinski definition) is 2. The Morgan fingerprint density at radius 2 is 2.16 bits per heavy atom. The molecule has 5 heteroatoms. The second-order valence-electron chi connectivity index (χ2n) is 4.79. The van der Waals surface area contributed by atoms with Gasteiger partial charge in [0.25, 0.3) is 0 Å². The molecule has 0 fully saturated rings. The molecule has 0 aliphatic heterocycles. The van der Waals surface area contributed by atoms with E-state index >= 15 is 0 Å². The third-order valence-electron chi connectivity index (χ3n) is 3.24. The van der Waals surface area contributed by atoms with Crippen molar-refractivity contribution < 1.29 is 13.6 Å². The molecule has 0 saturated carbocycles. The molecule has 3 N–H and O–H groups in total. The normalized spacial score (nSPS) is 23.4. The van der Waals surface area contributed by atoms with Gasteiger partial charge in [0, 0.05) is 11.6 Å². The fraction of sp³-hybridized carbons (Fsp3) is 0.357. The second-order valence-corrected chi connectivity index (χ2v) is 4.79. The Kier molecular flexibility index (Phi) is 3.95. The molecule has 2 rings (SSSR count). The first-order valence-electron chi connectivity index (χ1n) is 6.16. The van der Waals surface area contributed by atoms with E-state index in [2.05, 4.69) is 5.32 Å². The smallest absolute Gasteiger partial charge is 0.227 e. The average molecular weight is 266 g/mol. The minimum atomic E-state index is -0.589. The van der Waals surface area contributed by atoms with Crippen molar-refractivity contribution in [1.82, 2.24) is 5.32 Å². The maximum atomic E-state index is 13.6. The molecule has 0 spiro atoms. The highest BCUT2D eigenvalue weighted by molar-refractivity contribution is 5.81. The van der Waals surface area contributed by atoms with Crippen LogP contribution in [0.15, 0.2) is 30.4 Å². The predicted octanol–water partition coefficient (Wildman–Crippen LogP) is 2.05. The van der Waals surface area contributed by atoms with Gasteiger partial charge in [-0.25, -0.2) is 8.78 Å². The van der Waals surface area contributed by atoms with Crippen molar-refractivity contribution in [2.45, 2.75) is 25.4 Å². The zero-order chi connectivity index (χ0) is 14.0. The van der Waals surface area contributed by atoms with Crippen LogP contribution in [-0.4, -0.2) is 11.9 Å². The van der Waals surface area contributed by atoms with Crippen LogP contribution in [0, 0.1) is 17.6 Å². The molecule has 3 nitrogen and oxygen atoms in total. The fourth-order valence-corrected chi connectivity index (χ4v) is 2.17. The molecule has 3 atom stereocenters. The minimum Gasteiger partial charge on any atom is -0.349 e. The first-order valence-corrected chi connectivity index (χ1v) is 6.16. The molecule has 0 heterocycles. The maximum Gasteiger partial charge on any atom is 0.227 e. The molecule has 1 amide bonds. The molecular weight excluding hydrogens is 250 g/mol. The molecule has 0 aromatic heterocycles. The Morgan fingerprint density at radius 1 is 1.42 bits per heavy atom. The van der Waals surface area contributed by atoms with Crippen molar-refractivity contribution in [1.29, 1.82) is 0 Å². The Balaban J connectivity index is 2.04. The molecule has 0 saturated heterocycles. The lowest BCUT2D eigenvalue weighted by Gasteiger charge is -2.17. The quantitative estimate of drug-likeness (QED) is 0.823. The molecule has 0 bridgehead atoms. The lowest BCUT2D eigenvalue weighted by atomic mass is 10.0. The van der Waals surface area contributed by atoms with Gasteiger partial charge in [0.2, 0.25) is 5.91 Å². The largest absolute Gasteiger partial charge is 0.349 e. The summed E-state index contributed by atoms with van der Waals surface area (Å²) in [7, 11) is 0. The fourth-order valence-electron chi connectivity index (χ4n) is 2.17. The minimum absolute atomic E-state index is 0.114. The van der Waals surface area contributed by atoms with Crippen LogP contribution in [0.3, 0.4) is 0 Å². The van der Waals surface area contributed by atoms with Gasteiger partial charge in [0.05, 0.1) is 12.0 Å². The third kappa shape index (κ3) is 3.17. The van der Waals surface area contributed by atoms with E-state index in [1.807, 2.05) is 0 Å². The summed E-state index contributed by atoms with van der Waals surface area (Å²) >= 11 is 0. The van der Waals surface area contributed by atoms with E-state index < -0.39 is 17.7 Å². The number of nitrogens with two attached hydrogens (primary N) is 1. The number of carbonyl (C=O) groups excluding carboxylic acids is 1. The number of rotatable bonds is 3. The van der Waals surface area contributed by atoms with Gasteiger partial charge in [0.15, 0.2) is 0 Å². The van der Waals surface area contributed by atoms with E-state index in [0.29, 0.717) is 6.42 Å².